The molecule has 2 N–H and O–H groups in total. The van der Waals surface area contributed by atoms with Gasteiger partial charge in [0.1, 0.15) is 0 Å². The highest BCUT2D eigenvalue weighted by atomic mass is 32.2. The largest absolute Gasteiger partial charge is 0.313 e. The predicted octanol–water partition coefficient (Wildman–Crippen LogP) is 2.29. The van der Waals surface area contributed by atoms with Crippen LogP contribution in [0.2, 0.25) is 0 Å². The molecule has 0 spiro atoms. The Labute approximate surface area is 116 Å². The second-order valence-corrected chi connectivity index (χ2v) is 6.83. The van der Waals surface area contributed by atoms with Crippen molar-refractivity contribution in [2.24, 2.45) is 5.92 Å². The van der Waals surface area contributed by atoms with E-state index in [-0.39, 0.29) is 6.04 Å². The first-order chi connectivity index (χ1) is 8.90. The van der Waals surface area contributed by atoms with Gasteiger partial charge in [0.25, 0.3) is 0 Å². The van der Waals surface area contributed by atoms with Crippen molar-refractivity contribution in [3.63, 3.8) is 0 Å². The molecule has 1 unspecified atom stereocenters. The maximum Gasteiger partial charge on any atom is 0.240 e. The van der Waals surface area contributed by atoms with E-state index >= 15 is 0 Å². The normalized spacial score (nSPS) is 13.7. The van der Waals surface area contributed by atoms with Crippen LogP contribution in [0.3, 0.4) is 0 Å². The Balaban J connectivity index is 2.98. The van der Waals surface area contributed by atoms with Gasteiger partial charge in [-0.3, -0.25) is 0 Å². The number of nitrogens with one attached hydrogen (secondary N) is 2. The average Bonchev–Trinajstić information content (AvgIpc) is 2.38. The molecule has 108 valence electrons. The first-order valence-corrected chi connectivity index (χ1v) is 8.16. The highest BCUT2D eigenvalue weighted by molar-refractivity contribution is 7.89. The molecule has 0 fully saturated rings. The van der Waals surface area contributed by atoms with Gasteiger partial charge in [0, 0.05) is 12.6 Å². The van der Waals surface area contributed by atoms with E-state index in [0.29, 0.717) is 17.4 Å². The van der Waals surface area contributed by atoms with Gasteiger partial charge in [-0.15, -0.1) is 0 Å². The molecule has 0 saturated heterocycles. The van der Waals surface area contributed by atoms with Crippen LogP contribution in [0.1, 0.15) is 38.8 Å². The molecule has 19 heavy (non-hydrogen) atoms. The minimum atomic E-state index is -3.41. The van der Waals surface area contributed by atoms with Crippen molar-refractivity contribution in [1.82, 2.24) is 10.0 Å². The third-order valence-electron chi connectivity index (χ3n) is 3.01. The molecule has 0 saturated carbocycles. The summed E-state index contributed by atoms with van der Waals surface area (Å²) in [5.41, 5.74) is 0.998. The average molecular weight is 284 g/mol. The fraction of sp³-hybridized carbons (Fsp3) is 0.571. The van der Waals surface area contributed by atoms with Crippen LogP contribution in [0.5, 0.6) is 0 Å². The Hall–Kier alpha value is -0.910. The monoisotopic (exact) mass is 284 g/mol. The van der Waals surface area contributed by atoms with Crippen molar-refractivity contribution in [1.29, 1.82) is 0 Å². The Bertz CT molecular complexity index is 494. The molecule has 0 heterocycles. The second kappa shape index (κ2) is 7.03. The van der Waals surface area contributed by atoms with Gasteiger partial charge in [-0.2, -0.15) is 0 Å². The first kappa shape index (κ1) is 16.1. The van der Waals surface area contributed by atoms with Crippen molar-refractivity contribution in [2.75, 3.05) is 13.6 Å². The fourth-order valence-electron chi connectivity index (χ4n) is 1.86. The topological polar surface area (TPSA) is 58.2 Å². The minimum absolute atomic E-state index is 0.181. The highest BCUT2D eigenvalue weighted by Gasteiger charge is 2.16. The molecule has 1 atom stereocenters. The van der Waals surface area contributed by atoms with Crippen molar-refractivity contribution in [2.45, 2.75) is 38.1 Å². The van der Waals surface area contributed by atoms with E-state index in [1.54, 1.807) is 18.2 Å². The van der Waals surface area contributed by atoms with Crippen LogP contribution in [-0.2, 0) is 10.0 Å². The zero-order valence-corrected chi connectivity index (χ0v) is 12.9. The molecule has 0 aliphatic rings. The number of hydrogen-bond acceptors (Lipinski definition) is 3. The molecular formula is C14H24N2O2S. The first-order valence-electron chi connectivity index (χ1n) is 6.67. The molecular weight excluding hydrogens is 260 g/mol. The predicted molar refractivity (Wildman–Crippen MR) is 78.6 cm³/mol. The van der Waals surface area contributed by atoms with Crippen LogP contribution in [0.25, 0.3) is 0 Å². The summed E-state index contributed by atoms with van der Waals surface area (Å²) in [6.45, 7) is 6.48. The van der Waals surface area contributed by atoms with Gasteiger partial charge in [0.2, 0.25) is 10.0 Å². The van der Waals surface area contributed by atoms with Crippen molar-refractivity contribution < 1.29 is 8.42 Å². The number of sulfonamides is 1. The van der Waals surface area contributed by atoms with Crippen LogP contribution in [0.15, 0.2) is 29.2 Å². The molecule has 0 amide bonds. The summed E-state index contributed by atoms with van der Waals surface area (Å²) < 4.78 is 26.9. The maximum atomic E-state index is 12.2. The Morgan fingerprint density at radius 1 is 1.26 bits per heavy atom. The van der Waals surface area contributed by atoms with E-state index < -0.39 is 10.0 Å². The molecule has 0 radical (unpaired) electrons. The summed E-state index contributed by atoms with van der Waals surface area (Å²) in [6.07, 6.45) is 0.916. The summed E-state index contributed by atoms with van der Waals surface area (Å²) in [6, 6.07) is 7.30. The van der Waals surface area contributed by atoms with Gasteiger partial charge < -0.3 is 5.32 Å². The molecule has 5 heteroatoms. The van der Waals surface area contributed by atoms with E-state index in [1.165, 1.54) is 0 Å². The molecule has 4 nitrogen and oxygen atoms in total. The van der Waals surface area contributed by atoms with Gasteiger partial charge in [-0.25, -0.2) is 13.1 Å². The lowest BCUT2D eigenvalue weighted by molar-refractivity contribution is 0.557. The lowest BCUT2D eigenvalue weighted by Crippen LogP contribution is -2.27. The number of hydrogen-bond donors (Lipinski definition) is 2. The lowest BCUT2D eigenvalue weighted by atomic mass is 10.1. The summed E-state index contributed by atoms with van der Waals surface area (Å²) in [7, 11) is -1.52. The summed E-state index contributed by atoms with van der Waals surface area (Å²) in [5.74, 6) is 0.290. The zero-order valence-electron chi connectivity index (χ0n) is 12.1. The third-order valence-corrected chi connectivity index (χ3v) is 4.43. The van der Waals surface area contributed by atoms with E-state index in [1.807, 2.05) is 27.0 Å². The van der Waals surface area contributed by atoms with Gasteiger partial charge >= 0.3 is 0 Å². The molecule has 1 aromatic carbocycles. The highest BCUT2D eigenvalue weighted by Crippen LogP contribution is 2.19. The molecule has 1 rings (SSSR count). The summed E-state index contributed by atoms with van der Waals surface area (Å²) >= 11 is 0. The number of benzene rings is 1. The second-order valence-electron chi connectivity index (χ2n) is 5.07. The minimum Gasteiger partial charge on any atom is -0.313 e. The van der Waals surface area contributed by atoms with Crippen LogP contribution in [0, 0.1) is 5.92 Å². The third kappa shape index (κ3) is 4.60. The van der Waals surface area contributed by atoms with Gasteiger partial charge in [-0.05, 0) is 37.1 Å². The zero-order chi connectivity index (χ0) is 14.5. The quantitative estimate of drug-likeness (QED) is 0.807. The van der Waals surface area contributed by atoms with E-state index in [2.05, 4.69) is 17.0 Å². The van der Waals surface area contributed by atoms with Crippen molar-refractivity contribution >= 4 is 10.0 Å². The van der Waals surface area contributed by atoms with Crippen molar-refractivity contribution in [3.8, 4) is 0 Å². The lowest BCUT2D eigenvalue weighted by Gasteiger charge is -2.16. The molecule has 0 bridgehead atoms. The van der Waals surface area contributed by atoms with Gasteiger partial charge in [-0.1, -0.05) is 32.9 Å². The Morgan fingerprint density at radius 2 is 1.95 bits per heavy atom. The van der Waals surface area contributed by atoms with E-state index in [9.17, 15) is 8.42 Å². The SMILES string of the molecule is CCC(NC)c1cccc(S(=O)(=O)NCC(C)C)c1. The fourth-order valence-corrected chi connectivity index (χ4v) is 3.13. The Kier molecular flexibility index (Phi) is 5.97. The van der Waals surface area contributed by atoms with Crippen LogP contribution in [-0.4, -0.2) is 22.0 Å². The molecule has 1 aromatic rings. The van der Waals surface area contributed by atoms with Gasteiger partial charge in [0.05, 0.1) is 4.90 Å². The van der Waals surface area contributed by atoms with Crippen LogP contribution >= 0.6 is 0 Å². The van der Waals surface area contributed by atoms with Gasteiger partial charge in [0.15, 0.2) is 0 Å². The molecule has 0 aliphatic carbocycles. The Morgan fingerprint density at radius 3 is 2.47 bits per heavy atom. The maximum absolute atomic E-state index is 12.2. The molecule has 0 aromatic heterocycles. The van der Waals surface area contributed by atoms with Crippen LogP contribution < -0.4 is 10.0 Å². The van der Waals surface area contributed by atoms with Crippen molar-refractivity contribution in [3.05, 3.63) is 29.8 Å². The van der Waals surface area contributed by atoms with E-state index in [0.717, 1.165) is 12.0 Å². The molecule has 0 aliphatic heterocycles. The summed E-state index contributed by atoms with van der Waals surface area (Å²) in [4.78, 5) is 0.333. The standard InChI is InChI=1S/C14H24N2O2S/c1-5-14(15-4)12-7-6-8-13(9-12)19(17,18)16-10-11(2)3/h6-9,11,14-16H,5,10H2,1-4H3. The smallest absolute Gasteiger partial charge is 0.240 e. The summed E-state index contributed by atoms with van der Waals surface area (Å²) in [5, 5.41) is 3.18. The number of rotatable bonds is 7. The van der Waals surface area contributed by atoms with E-state index in [4.69, 9.17) is 0 Å². The van der Waals surface area contributed by atoms with Crippen LogP contribution in [0.4, 0.5) is 0 Å².